The van der Waals surface area contributed by atoms with E-state index in [1.54, 1.807) is 0 Å². The van der Waals surface area contributed by atoms with Crippen LogP contribution in [0.3, 0.4) is 0 Å². The molecule has 1 aliphatic carbocycles. The first-order valence-corrected chi connectivity index (χ1v) is 8.19. The fourth-order valence-electron chi connectivity index (χ4n) is 3.29. The van der Waals surface area contributed by atoms with Crippen LogP contribution in [0, 0.1) is 0 Å². The van der Waals surface area contributed by atoms with Crippen molar-refractivity contribution in [2.45, 2.75) is 70.8 Å². The van der Waals surface area contributed by atoms with Crippen LogP contribution in [0.25, 0.3) is 0 Å². The van der Waals surface area contributed by atoms with Gasteiger partial charge in [-0.3, -0.25) is 0 Å². The zero-order valence-electron chi connectivity index (χ0n) is 13.5. The molecule has 21 heavy (non-hydrogen) atoms. The molecule has 0 aliphatic heterocycles. The molecule has 0 saturated heterocycles. The maximum Gasteiger partial charge on any atom is 0.162 e. The van der Waals surface area contributed by atoms with Crippen LogP contribution in [0.2, 0.25) is 0 Å². The molecule has 1 saturated carbocycles. The molecule has 0 unspecified atom stereocenters. The van der Waals surface area contributed by atoms with Crippen molar-refractivity contribution < 1.29 is 4.74 Å². The Morgan fingerprint density at radius 1 is 1.24 bits per heavy atom. The van der Waals surface area contributed by atoms with Gasteiger partial charge in [0, 0.05) is 24.3 Å². The predicted octanol–water partition coefficient (Wildman–Crippen LogP) is 3.47. The number of nitrogens with one attached hydrogen (secondary N) is 1. The molecule has 0 atom stereocenters. The molecule has 0 radical (unpaired) electrons. The highest BCUT2D eigenvalue weighted by Crippen LogP contribution is 2.36. The minimum Gasteiger partial charge on any atom is -0.367 e. The van der Waals surface area contributed by atoms with Crippen LogP contribution in [-0.4, -0.2) is 16.6 Å². The van der Waals surface area contributed by atoms with Gasteiger partial charge in [0.05, 0.1) is 0 Å². The molecule has 1 fully saturated rings. The molecule has 0 spiro atoms. The number of hydrazine groups is 1. The Bertz CT molecular complexity index is 454. The second-order valence-electron chi connectivity index (χ2n) is 5.76. The van der Waals surface area contributed by atoms with E-state index >= 15 is 0 Å². The van der Waals surface area contributed by atoms with Gasteiger partial charge >= 0.3 is 0 Å². The smallest absolute Gasteiger partial charge is 0.162 e. The van der Waals surface area contributed by atoms with Crippen LogP contribution < -0.4 is 11.3 Å². The number of rotatable bonds is 7. The Balaban J connectivity index is 2.43. The van der Waals surface area contributed by atoms with E-state index in [9.17, 15) is 0 Å². The van der Waals surface area contributed by atoms with Crippen molar-refractivity contribution in [1.29, 1.82) is 0 Å². The minimum atomic E-state index is -0.408. The average Bonchev–Trinajstić information content (AvgIpc) is 3.06. The maximum absolute atomic E-state index is 6.04. The molecular formula is C16H28N4O. The summed E-state index contributed by atoms with van der Waals surface area (Å²) in [4.78, 5) is 9.45. The number of nitrogens with two attached hydrogens (primary N) is 1. The number of anilines is 1. The van der Waals surface area contributed by atoms with E-state index in [0.717, 1.165) is 24.4 Å². The third-order valence-corrected chi connectivity index (χ3v) is 4.64. The lowest BCUT2D eigenvalue weighted by atomic mass is 9.95. The summed E-state index contributed by atoms with van der Waals surface area (Å²) in [5.74, 6) is 7.60. The molecular weight excluding hydrogens is 264 g/mol. The van der Waals surface area contributed by atoms with Gasteiger partial charge < -0.3 is 10.2 Å². The monoisotopic (exact) mass is 292 g/mol. The Hall–Kier alpha value is -1.20. The summed E-state index contributed by atoms with van der Waals surface area (Å²) in [6.07, 6.45) is 6.70. The van der Waals surface area contributed by atoms with Gasteiger partial charge in [0.1, 0.15) is 11.4 Å². The summed E-state index contributed by atoms with van der Waals surface area (Å²) in [5, 5.41) is 0. The Labute approximate surface area is 127 Å². The Kier molecular flexibility index (Phi) is 5.53. The Morgan fingerprint density at radius 3 is 2.43 bits per heavy atom. The van der Waals surface area contributed by atoms with Crippen LogP contribution >= 0.6 is 0 Å². The van der Waals surface area contributed by atoms with Crippen LogP contribution in [-0.2, 0) is 10.3 Å². The van der Waals surface area contributed by atoms with Gasteiger partial charge in [-0.15, -0.1) is 0 Å². The van der Waals surface area contributed by atoms with E-state index in [2.05, 4.69) is 24.3 Å². The second kappa shape index (κ2) is 7.18. The molecule has 0 bridgehead atoms. The van der Waals surface area contributed by atoms with E-state index in [1.807, 2.05) is 13.0 Å². The molecule has 1 heterocycles. The number of nitrogens with zero attached hydrogens (tertiary/aromatic N) is 2. The first kappa shape index (κ1) is 16.2. The summed E-state index contributed by atoms with van der Waals surface area (Å²) in [6.45, 7) is 6.92. The number of nitrogen functional groups attached to an aromatic ring is 1. The van der Waals surface area contributed by atoms with E-state index in [-0.39, 0.29) is 0 Å². The van der Waals surface area contributed by atoms with Crippen molar-refractivity contribution in [2.24, 2.45) is 5.84 Å². The summed E-state index contributed by atoms with van der Waals surface area (Å²) in [5.41, 5.74) is 3.39. The van der Waals surface area contributed by atoms with Crippen molar-refractivity contribution >= 4 is 5.82 Å². The van der Waals surface area contributed by atoms with Gasteiger partial charge in [0.2, 0.25) is 0 Å². The van der Waals surface area contributed by atoms with Crippen molar-refractivity contribution in [2.75, 3.05) is 12.0 Å². The summed E-state index contributed by atoms with van der Waals surface area (Å²) in [6, 6.07) is 1.99. The van der Waals surface area contributed by atoms with Crippen LogP contribution in [0.1, 0.15) is 76.7 Å². The minimum absolute atomic E-state index is 0.408. The molecule has 1 aromatic heterocycles. The maximum atomic E-state index is 6.04. The second-order valence-corrected chi connectivity index (χ2v) is 5.76. The standard InChI is InChI=1S/C16H28N4O/c1-4-16(5-2,21-6-3)15-18-13(11-14(19-15)20-17)12-9-7-8-10-12/h11-12H,4-10,17H2,1-3H3,(H,18,19,20). The van der Waals surface area contributed by atoms with Crippen LogP contribution in [0.5, 0.6) is 0 Å². The third-order valence-electron chi connectivity index (χ3n) is 4.64. The number of aromatic nitrogens is 2. The molecule has 0 aromatic carbocycles. The Morgan fingerprint density at radius 2 is 1.90 bits per heavy atom. The zero-order valence-corrected chi connectivity index (χ0v) is 13.5. The first-order chi connectivity index (χ1) is 10.2. The zero-order chi connectivity index (χ0) is 15.3. The van der Waals surface area contributed by atoms with Crippen molar-refractivity contribution in [3.8, 4) is 0 Å². The molecule has 1 aliphatic rings. The van der Waals surface area contributed by atoms with Crippen molar-refractivity contribution in [1.82, 2.24) is 9.97 Å². The molecule has 3 N–H and O–H groups in total. The first-order valence-electron chi connectivity index (χ1n) is 8.19. The van der Waals surface area contributed by atoms with Crippen molar-refractivity contribution in [3.63, 3.8) is 0 Å². The van der Waals surface area contributed by atoms with Gasteiger partial charge in [-0.25, -0.2) is 15.8 Å². The fourth-order valence-corrected chi connectivity index (χ4v) is 3.29. The summed E-state index contributed by atoms with van der Waals surface area (Å²) < 4.78 is 6.04. The largest absolute Gasteiger partial charge is 0.367 e. The van der Waals surface area contributed by atoms with Gasteiger partial charge in [0.15, 0.2) is 5.82 Å². The van der Waals surface area contributed by atoms with Crippen LogP contribution in [0.15, 0.2) is 6.07 Å². The lowest BCUT2D eigenvalue weighted by molar-refractivity contribution is -0.0572. The third kappa shape index (κ3) is 3.35. The number of hydrogen-bond acceptors (Lipinski definition) is 5. The highest BCUT2D eigenvalue weighted by molar-refractivity contribution is 5.36. The quantitative estimate of drug-likeness (QED) is 0.594. The lowest BCUT2D eigenvalue weighted by Gasteiger charge is -2.30. The topological polar surface area (TPSA) is 73.1 Å². The van der Waals surface area contributed by atoms with Crippen LogP contribution in [0.4, 0.5) is 5.82 Å². The molecule has 118 valence electrons. The SMILES string of the molecule is CCOC(CC)(CC)c1nc(NN)cc(C2CCCC2)n1. The highest BCUT2D eigenvalue weighted by Gasteiger charge is 2.33. The van der Waals surface area contributed by atoms with E-state index in [4.69, 9.17) is 15.6 Å². The normalized spacial score (nSPS) is 16.4. The van der Waals surface area contributed by atoms with Crippen molar-refractivity contribution in [3.05, 3.63) is 17.6 Å². The molecule has 2 rings (SSSR count). The molecule has 0 amide bonds. The molecule has 5 heteroatoms. The van der Waals surface area contributed by atoms with Gasteiger partial charge in [-0.2, -0.15) is 0 Å². The molecule has 1 aromatic rings. The molecule has 5 nitrogen and oxygen atoms in total. The summed E-state index contributed by atoms with van der Waals surface area (Å²) >= 11 is 0. The fraction of sp³-hybridized carbons (Fsp3) is 0.750. The van der Waals surface area contributed by atoms with Gasteiger partial charge in [-0.05, 0) is 32.6 Å². The number of hydrogen-bond donors (Lipinski definition) is 2. The van der Waals surface area contributed by atoms with Gasteiger partial charge in [-0.1, -0.05) is 26.7 Å². The summed E-state index contributed by atoms with van der Waals surface area (Å²) in [7, 11) is 0. The average molecular weight is 292 g/mol. The van der Waals surface area contributed by atoms with Gasteiger partial charge in [0.25, 0.3) is 0 Å². The number of ether oxygens (including phenoxy) is 1. The van der Waals surface area contributed by atoms with E-state index in [1.165, 1.54) is 25.7 Å². The highest BCUT2D eigenvalue weighted by atomic mass is 16.5. The predicted molar refractivity (Wildman–Crippen MR) is 84.9 cm³/mol. The van der Waals surface area contributed by atoms with E-state index in [0.29, 0.717) is 18.3 Å². The van der Waals surface area contributed by atoms with E-state index < -0.39 is 5.60 Å². The lowest BCUT2D eigenvalue weighted by Crippen LogP contribution is -2.32.